The zero-order chi connectivity index (χ0) is 20.8. The number of rotatable bonds is 6. The first kappa shape index (κ1) is 21.4. The van der Waals surface area contributed by atoms with E-state index in [1.54, 1.807) is 11.3 Å². The molecule has 30 heavy (non-hydrogen) atoms. The number of benzene rings is 1. The molecule has 2 N–H and O–H groups in total. The van der Waals surface area contributed by atoms with Crippen molar-refractivity contribution >= 4 is 17.2 Å². The molecule has 0 bridgehead atoms. The number of thiazole rings is 1. The minimum Gasteiger partial charge on any atom is -0.389 e. The number of nitrogens with one attached hydrogen (secondary N) is 1. The second kappa shape index (κ2) is 10.5. The Morgan fingerprint density at radius 3 is 2.93 bits per heavy atom. The number of aliphatic hydroxyl groups is 1. The number of ether oxygens (including phenoxy) is 2. The summed E-state index contributed by atoms with van der Waals surface area (Å²) in [7, 11) is 0. The summed E-state index contributed by atoms with van der Waals surface area (Å²) in [4.78, 5) is 19.1. The van der Waals surface area contributed by atoms with Crippen molar-refractivity contribution in [2.24, 2.45) is 0 Å². The van der Waals surface area contributed by atoms with Crippen LogP contribution in [0.15, 0.2) is 41.9 Å². The zero-order valence-corrected chi connectivity index (χ0v) is 17.8. The van der Waals surface area contributed by atoms with E-state index in [1.165, 1.54) is 0 Å². The Hall–Kier alpha value is -1.84. The van der Waals surface area contributed by atoms with E-state index >= 15 is 0 Å². The van der Waals surface area contributed by atoms with Gasteiger partial charge in [-0.3, -0.25) is 9.69 Å². The summed E-state index contributed by atoms with van der Waals surface area (Å²) < 4.78 is 12.0. The molecule has 0 unspecified atom stereocenters. The van der Waals surface area contributed by atoms with Gasteiger partial charge in [0.1, 0.15) is 5.01 Å². The van der Waals surface area contributed by atoms with E-state index in [4.69, 9.17) is 9.47 Å². The van der Waals surface area contributed by atoms with Gasteiger partial charge in [-0.2, -0.15) is 0 Å². The Labute approximate surface area is 181 Å². The van der Waals surface area contributed by atoms with Crippen LogP contribution in [0.4, 0.5) is 0 Å². The van der Waals surface area contributed by atoms with Gasteiger partial charge in [0.05, 0.1) is 44.5 Å². The van der Waals surface area contributed by atoms with Crippen molar-refractivity contribution in [1.29, 1.82) is 0 Å². The summed E-state index contributed by atoms with van der Waals surface area (Å²) in [6.45, 7) is 2.48. The van der Waals surface area contributed by atoms with Crippen LogP contribution in [0.3, 0.4) is 0 Å². The fraction of sp³-hybridized carbons (Fsp3) is 0.545. The van der Waals surface area contributed by atoms with Crippen LogP contribution in [0.1, 0.15) is 29.8 Å². The molecule has 162 valence electrons. The SMILES string of the molecule is O=C(C[C@H]1CC[C@H]2[C@@H](COC[C@@H](O)CN2Cc2nccs2)O1)NCc1ccccc1. The van der Waals surface area contributed by atoms with Crippen molar-refractivity contribution in [1.82, 2.24) is 15.2 Å². The number of carbonyl (C=O) groups excluding carboxylic acids is 1. The maximum Gasteiger partial charge on any atom is 0.222 e. The van der Waals surface area contributed by atoms with E-state index in [0.29, 0.717) is 39.3 Å². The Kier molecular flexibility index (Phi) is 7.46. The molecule has 1 aromatic heterocycles. The van der Waals surface area contributed by atoms with Crippen LogP contribution in [0.2, 0.25) is 0 Å². The molecule has 1 amide bonds. The third-order valence-electron chi connectivity index (χ3n) is 5.65. The van der Waals surface area contributed by atoms with Crippen LogP contribution in [0, 0.1) is 0 Å². The number of carbonyl (C=O) groups is 1. The zero-order valence-electron chi connectivity index (χ0n) is 17.0. The van der Waals surface area contributed by atoms with Gasteiger partial charge < -0.3 is 19.9 Å². The Bertz CT molecular complexity index is 789. The first-order chi connectivity index (χ1) is 14.7. The smallest absolute Gasteiger partial charge is 0.222 e. The molecule has 4 rings (SSSR count). The van der Waals surface area contributed by atoms with Gasteiger partial charge in [0, 0.05) is 30.7 Å². The van der Waals surface area contributed by atoms with E-state index in [9.17, 15) is 9.90 Å². The minimum atomic E-state index is -0.521. The molecular formula is C22H29N3O4S. The topological polar surface area (TPSA) is 83.9 Å². The standard InChI is InChI=1S/C22H29N3O4S/c26-17-12-25(13-22-23-8-9-30-22)19-7-6-18(29-20(19)15-28-14-17)10-21(27)24-11-16-4-2-1-3-5-16/h1-5,8-9,17-20,26H,6-7,10-15H2,(H,24,27)/t17-,18+,19-,20+/m0/s1. The summed E-state index contributed by atoms with van der Waals surface area (Å²) in [5, 5.41) is 16.2. The first-order valence-corrected chi connectivity index (χ1v) is 11.4. The monoisotopic (exact) mass is 431 g/mol. The lowest BCUT2D eigenvalue weighted by atomic mass is 9.94. The molecule has 2 fully saturated rings. The highest BCUT2D eigenvalue weighted by Crippen LogP contribution is 2.29. The van der Waals surface area contributed by atoms with Crippen LogP contribution >= 0.6 is 11.3 Å². The van der Waals surface area contributed by atoms with Crippen molar-refractivity contribution in [3.8, 4) is 0 Å². The summed E-state index contributed by atoms with van der Waals surface area (Å²) in [6, 6.07) is 10.0. The summed E-state index contributed by atoms with van der Waals surface area (Å²) in [5.41, 5.74) is 1.08. The van der Waals surface area contributed by atoms with Crippen LogP contribution in [-0.2, 0) is 27.4 Å². The van der Waals surface area contributed by atoms with Crippen LogP contribution < -0.4 is 5.32 Å². The van der Waals surface area contributed by atoms with Gasteiger partial charge in [-0.1, -0.05) is 30.3 Å². The molecule has 1 aromatic carbocycles. The number of amides is 1. The van der Waals surface area contributed by atoms with E-state index in [2.05, 4.69) is 15.2 Å². The third-order valence-corrected chi connectivity index (χ3v) is 6.42. The van der Waals surface area contributed by atoms with Crippen LogP contribution in [0.5, 0.6) is 0 Å². The number of aromatic nitrogens is 1. The van der Waals surface area contributed by atoms with Gasteiger partial charge in [0.25, 0.3) is 0 Å². The lowest BCUT2D eigenvalue weighted by Crippen LogP contribution is -2.55. The molecule has 2 aromatic rings. The maximum absolute atomic E-state index is 12.4. The van der Waals surface area contributed by atoms with Crippen molar-refractivity contribution < 1.29 is 19.4 Å². The van der Waals surface area contributed by atoms with Crippen molar-refractivity contribution in [2.75, 3.05) is 19.8 Å². The fourth-order valence-electron chi connectivity index (χ4n) is 4.21. The van der Waals surface area contributed by atoms with E-state index in [-0.39, 0.29) is 24.2 Å². The summed E-state index contributed by atoms with van der Waals surface area (Å²) in [5.74, 6) is 0.00382. The van der Waals surface area contributed by atoms with Gasteiger partial charge in [0.15, 0.2) is 0 Å². The molecular weight excluding hydrogens is 402 g/mol. The first-order valence-electron chi connectivity index (χ1n) is 10.5. The van der Waals surface area contributed by atoms with Crippen molar-refractivity contribution in [2.45, 2.75) is 56.7 Å². The van der Waals surface area contributed by atoms with E-state index < -0.39 is 6.10 Å². The largest absolute Gasteiger partial charge is 0.389 e. The average Bonchev–Trinajstić information content (AvgIpc) is 3.25. The lowest BCUT2D eigenvalue weighted by Gasteiger charge is -2.44. The van der Waals surface area contributed by atoms with E-state index in [0.717, 1.165) is 23.4 Å². The van der Waals surface area contributed by atoms with Crippen molar-refractivity contribution in [3.63, 3.8) is 0 Å². The number of nitrogens with zero attached hydrogens (tertiary/aromatic N) is 2. The summed E-state index contributed by atoms with van der Waals surface area (Å²) >= 11 is 1.62. The predicted molar refractivity (Wildman–Crippen MR) is 114 cm³/mol. The van der Waals surface area contributed by atoms with Gasteiger partial charge in [-0.25, -0.2) is 4.98 Å². The van der Waals surface area contributed by atoms with Gasteiger partial charge >= 0.3 is 0 Å². The van der Waals surface area contributed by atoms with E-state index in [1.807, 2.05) is 41.9 Å². The van der Waals surface area contributed by atoms with Gasteiger partial charge in [0.2, 0.25) is 5.91 Å². The lowest BCUT2D eigenvalue weighted by molar-refractivity contribution is -0.158. The highest BCUT2D eigenvalue weighted by Gasteiger charge is 2.38. The molecule has 0 spiro atoms. The second-order valence-electron chi connectivity index (χ2n) is 7.95. The Morgan fingerprint density at radius 1 is 1.27 bits per heavy atom. The molecule has 7 nitrogen and oxygen atoms in total. The third kappa shape index (κ3) is 5.86. The quantitative estimate of drug-likeness (QED) is 0.728. The maximum atomic E-state index is 12.4. The number of hydrogen-bond donors (Lipinski definition) is 2. The predicted octanol–water partition coefficient (Wildman–Crippen LogP) is 1.96. The molecule has 0 aliphatic carbocycles. The van der Waals surface area contributed by atoms with Crippen LogP contribution in [0.25, 0.3) is 0 Å². The molecule has 0 saturated carbocycles. The number of hydrogen-bond acceptors (Lipinski definition) is 7. The van der Waals surface area contributed by atoms with Gasteiger partial charge in [-0.15, -0.1) is 11.3 Å². The normalized spacial score (nSPS) is 27.6. The average molecular weight is 432 g/mol. The number of aliphatic hydroxyl groups excluding tert-OH is 1. The highest BCUT2D eigenvalue weighted by atomic mass is 32.1. The Morgan fingerprint density at radius 2 is 2.13 bits per heavy atom. The molecule has 4 atom stereocenters. The number of fused-ring (bicyclic) bond motifs is 1. The Balaban J connectivity index is 1.33. The highest BCUT2D eigenvalue weighted by molar-refractivity contribution is 7.09. The summed E-state index contributed by atoms with van der Waals surface area (Å²) in [6.07, 6.45) is 3.13. The molecule has 0 radical (unpaired) electrons. The molecule has 8 heteroatoms. The number of β-amino-alcohol motifs (C(OH)–C–C–N with tert-alkyl or cyclic N) is 1. The molecule has 2 aliphatic heterocycles. The van der Waals surface area contributed by atoms with Crippen LogP contribution in [-0.4, -0.2) is 65.0 Å². The minimum absolute atomic E-state index is 0.00382. The fourth-order valence-corrected chi connectivity index (χ4v) is 4.85. The van der Waals surface area contributed by atoms with Crippen molar-refractivity contribution in [3.05, 3.63) is 52.5 Å². The molecule has 3 heterocycles. The molecule has 2 saturated heterocycles. The second-order valence-corrected chi connectivity index (χ2v) is 8.93. The van der Waals surface area contributed by atoms with Gasteiger partial charge in [-0.05, 0) is 18.4 Å². The molecule has 2 aliphatic rings.